The maximum atomic E-state index is 13.6. The third-order valence-corrected chi connectivity index (χ3v) is 10.1. The van der Waals surface area contributed by atoms with Crippen molar-refractivity contribution in [1.29, 1.82) is 0 Å². The zero-order chi connectivity index (χ0) is 29.6. The maximum Gasteiger partial charge on any atom is 0.420 e. The Labute approximate surface area is 233 Å². The molecule has 1 fully saturated rings. The molecule has 0 aromatic carbocycles. The van der Waals surface area contributed by atoms with E-state index in [2.05, 4.69) is 53.4 Å². The molecule has 0 aromatic heterocycles. The van der Waals surface area contributed by atoms with Crippen molar-refractivity contribution in [2.45, 2.75) is 130 Å². The normalized spacial score (nSPS) is 26.9. The minimum Gasteiger partial charge on any atom is -0.365 e. The van der Waals surface area contributed by atoms with Gasteiger partial charge in [-0.25, -0.2) is 0 Å². The molecule has 0 aliphatic heterocycles. The molecule has 0 heterocycles. The van der Waals surface area contributed by atoms with Crippen LogP contribution in [0.4, 0.5) is 13.2 Å². The second-order valence-corrected chi connectivity index (χ2v) is 17.2. The van der Waals surface area contributed by atoms with Crippen LogP contribution >= 0.6 is 10.3 Å². The molecule has 0 saturated heterocycles. The lowest BCUT2D eigenvalue weighted by atomic mass is 9.58. The van der Waals surface area contributed by atoms with Crippen molar-refractivity contribution in [3.8, 4) is 0 Å². The Morgan fingerprint density at radius 1 is 1.00 bits per heavy atom. The van der Waals surface area contributed by atoms with E-state index >= 15 is 0 Å². The molecule has 1 rings (SSSR count). The Balaban J connectivity index is 3.12. The molecule has 5 atom stereocenters. The zero-order valence-corrected chi connectivity index (χ0v) is 27.0. The molecule has 0 radical (unpaired) electrons. The van der Waals surface area contributed by atoms with E-state index < -0.39 is 22.1 Å². The van der Waals surface area contributed by atoms with E-state index in [1.54, 1.807) is 6.08 Å². The molecule has 1 aliphatic carbocycles. The summed E-state index contributed by atoms with van der Waals surface area (Å²) in [4.78, 5) is 12.9. The molecule has 0 N–H and O–H groups in total. The average molecular weight is 567 g/mol. The Kier molecular flexibility index (Phi) is 12.5. The van der Waals surface area contributed by atoms with Gasteiger partial charge in [-0.05, 0) is 101 Å². The number of allylic oxidation sites excluding steroid dienone is 1. The van der Waals surface area contributed by atoms with E-state index in [0.717, 1.165) is 65.4 Å². The largest absolute Gasteiger partial charge is 0.420 e. The summed E-state index contributed by atoms with van der Waals surface area (Å²) in [5.41, 5.74) is -2.82. The molecule has 1 aliphatic rings. The van der Waals surface area contributed by atoms with Crippen molar-refractivity contribution < 1.29 is 26.9 Å². The van der Waals surface area contributed by atoms with Gasteiger partial charge < -0.3 is 8.92 Å². The second kappa shape index (κ2) is 13.4. The van der Waals surface area contributed by atoms with Crippen LogP contribution in [0, 0.1) is 22.7 Å². The first kappa shape index (κ1) is 35.5. The molecule has 38 heavy (non-hydrogen) atoms. The zero-order valence-electron chi connectivity index (χ0n) is 26.1. The number of alkyl halides is 3. The molecule has 3 nitrogen and oxygen atoms in total. The summed E-state index contributed by atoms with van der Waals surface area (Å²) in [5.74, 6) is 0.624. The van der Waals surface area contributed by atoms with Crippen LogP contribution in [0.2, 0.25) is 0 Å². The lowest BCUT2D eigenvalue weighted by molar-refractivity contribution is -0.242. The number of ether oxygens (including phenoxy) is 1. The predicted molar refractivity (Wildman–Crippen MR) is 157 cm³/mol. The Morgan fingerprint density at radius 3 is 2.05 bits per heavy atom. The minimum atomic E-state index is -4.48. The van der Waals surface area contributed by atoms with Gasteiger partial charge in [0.2, 0.25) is 0 Å². The van der Waals surface area contributed by atoms with Gasteiger partial charge >= 0.3 is 6.18 Å². The lowest BCUT2D eigenvalue weighted by Crippen LogP contribution is -2.42. The quantitative estimate of drug-likeness (QED) is 0.138. The summed E-state index contributed by atoms with van der Waals surface area (Å²) >= 11 is 0. The van der Waals surface area contributed by atoms with Crippen LogP contribution in [-0.2, 0) is 13.7 Å². The molecule has 226 valence electrons. The van der Waals surface area contributed by atoms with Crippen LogP contribution in [0.1, 0.15) is 113 Å². The number of unbranched alkanes of at least 4 members (excludes halogenated alkanes) is 2. The number of carbonyl (C=O) groups is 1. The number of ketones is 1. The van der Waals surface area contributed by atoms with E-state index in [-0.39, 0.29) is 28.3 Å². The highest BCUT2D eigenvalue weighted by Gasteiger charge is 2.54. The number of hydrogen-bond acceptors (Lipinski definition) is 3. The molecule has 1 saturated carbocycles. The van der Waals surface area contributed by atoms with E-state index in [1.807, 2.05) is 6.92 Å². The molecule has 0 aromatic rings. The van der Waals surface area contributed by atoms with E-state index in [4.69, 9.17) is 8.92 Å². The highest BCUT2D eigenvalue weighted by atomic mass is 32.3. The highest BCUT2D eigenvalue weighted by molar-refractivity contribution is 8.28. The van der Waals surface area contributed by atoms with Crippen molar-refractivity contribution in [1.82, 2.24) is 0 Å². The van der Waals surface area contributed by atoms with Crippen molar-refractivity contribution >= 4 is 16.1 Å². The van der Waals surface area contributed by atoms with Gasteiger partial charge in [0, 0.05) is 19.4 Å². The second-order valence-electron chi connectivity index (χ2n) is 13.6. The number of halogens is 3. The van der Waals surface area contributed by atoms with Gasteiger partial charge in [0.25, 0.3) is 0 Å². The maximum absolute atomic E-state index is 13.6. The van der Waals surface area contributed by atoms with E-state index in [9.17, 15) is 18.0 Å². The third kappa shape index (κ3) is 9.26. The van der Waals surface area contributed by atoms with Crippen molar-refractivity contribution in [2.24, 2.45) is 22.7 Å². The fourth-order valence-corrected chi connectivity index (χ4v) is 8.31. The minimum absolute atomic E-state index is 0.0306. The summed E-state index contributed by atoms with van der Waals surface area (Å²) in [7, 11) is 0.0566. The van der Waals surface area contributed by atoms with Gasteiger partial charge in [-0.3, -0.25) is 4.79 Å². The number of Topliss-reactive ketones (excluding diaryl/α,β-unsaturated/α-hetero) is 1. The van der Waals surface area contributed by atoms with Gasteiger partial charge in [0.05, 0.1) is 5.60 Å². The predicted octanol–water partition coefficient (Wildman–Crippen LogP) is 9.68. The van der Waals surface area contributed by atoms with Crippen molar-refractivity contribution in [3.63, 3.8) is 0 Å². The first-order valence-electron chi connectivity index (χ1n) is 14.4. The van der Waals surface area contributed by atoms with Crippen LogP contribution < -0.4 is 0 Å². The van der Waals surface area contributed by atoms with Crippen LogP contribution in [0.3, 0.4) is 0 Å². The van der Waals surface area contributed by atoms with Crippen molar-refractivity contribution in [2.75, 3.05) is 25.9 Å². The molecular formula is C31H57F3O3S. The van der Waals surface area contributed by atoms with Crippen LogP contribution in [-0.4, -0.2) is 49.0 Å². The highest BCUT2D eigenvalue weighted by Crippen LogP contribution is 2.59. The number of rotatable bonds is 16. The first-order valence-corrected chi connectivity index (χ1v) is 17.2. The lowest BCUT2D eigenvalue weighted by Gasteiger charge is -2.46. The summed E-state index contributed by atoms with van der Waals surface area (Å²) in [6, 6.07) is 0. The Hall–Kier alpha value is -0.530. The molecule has 0 spiro atoms. The fourth-order valence-electron chi connectivity index (χ4n) is 6.87. The molecule has 0 amide bonds. The molecule has 4 unspecified atom stereocenters. The van der Waals surface area contributed by atoms with Gasteiger partial charge in [0.15, 0.2) is 5.60 Å². The van der Waals surface area contributed by atoms with Gasteiger partial charge in [-0.15, -0.1) is 10.3 Å². The van der Waals surface area contributed by atoms with Crippen LogP contribution in [0.25, 0.3) is 0 Å². The average Bonchev–Trinajstić information content (AvgIpc) is 3.14. The first-order chi connectivity index (χ1) is 17.2. The third-order valence-electron chi connectivity index (χ3n) is 9.19. The fraction of sp³-hybridized carbons (Fsp3) is 0.903. The van der Waals surface area contributed by atoms with Gasteiger partial charge in [0.1, 0.15) is 5.78 Å². The van der Waals surface area contributed by atoms with Gasteiger partial charge in [-0.2, -0.15) is 13.2 Å². The summed E-state index contributed by atoms with van der Waals surface area (Å²) < 4.78 is 52.1. The smallest absolute Gasteiger partial charge is 0.365 e. The number of carbonyl (C=O) groups excluding carboxylic acids is 1. The monoisotopic (exact) mass is 566 g/mol. The molecular weight excluding hydrogens is 509 g/mol. The molecule has 7 heteroatoms. The summed E-state index contributed by atoms with van der Waals surface area (Å²) in [6.45, 7) is 14.0. The molecule has 0 bridgehead atoms. The van der Waals surface area contributed by atoms with Crippen LogP contribution in [0.5, 0.6) is 0 Å². The standard InChI is InChI=1S/C31H57F3O3S/c1-12-25(35)24-18-19-26(29(24,6)13-2)28(5,22-17-23-30(7,36-8)31(32,33)34)21-16-14-15-20-27(3,4)37-38(9,10)11/h17,23-24,26H,12-16,18-22H2,1-11H3/b23-17+/t24?,26-,28?,29?,30?/m1/s1. The van der Waals surface area contributed by atoms with Crippen LogP contribution in [0.15, 0.2) is 12.2 Å². The van der Waals surface area contributed by atoms with Crippen molar-refractivity contribution in [3.05, 3.63) is 12.2 Å². The van der Waals surface area contributed by atoms with E-state index in [0.29, 0.717) is 18.6 Å². The SMILES string of the molecule is CCC(=O)C1CC[C@H](C(C)(C/C=C/C(C)(OC)C(F)(F)F)CCCCCC(C)(C)OS(C)(C)C)C1(C)CC. The number of methoxy groups -OCH3 is 1. The Bertz CT molecular complexity index is 788. The van der Waals surface area contributed by atoms with Gasteiger partial charge in [-0.1, -0.05) is 53.0 Å². The Morgan fingerprint density at radius 2 is 1.58 bits per heavy atom. The van der Waals surface area contributed by atoms with E-state index in [1.165, 1.54) is 6.08 Å². The summed E-state index contributed by atoms with van der Waals surface area (Å²) in [6.07, 6.45) is 13.7. The summed E-state index contributed by atoms with van der Waals surface area (Å²) in [5, 5.41) is 0. The topological polar surface area (TPSA) is 35.5 Å². The number of hydrogen-bond donors (Lipinski definition) is 0.